The van der Waals surface area contributed by atoms with E-state index in [4.69, 9.17) is 5.73 Å². The molecule has 2 nitrogen and oxygen atoms in total. The van der Waals surface area contributed by atoms with Gasteiger partial charge in [0.25, 0.3) is 0 Å². The number of likely N-dealkylation sites (N-methyl/N-ethyl adjacent to an activating group) is 1. The number of nitrogens with two attached hydrogens (primary N) is 1. The van der Waals surface area contributed by atoms with Crippen LogP contribution in [0.4, 0.5) is 4.39 Å². The van der Waals surface area contributed by atoms with Crippen molar-refractivity contribution in [3.63, 3.8) is 0 Å². The van der Waals surface area contributed by atoms with Crippen molar-refractivity contribution in [2.45, 2.75) is 64.0 Å². The summed E-state index contributed by atoms with van der Waals surface area (Å²) in [4.78, 5) is 2.57. The molecule has 0 heterocycles. The van der Waals surface area contributed by atoms with Gasteiger partial charge in [-0.1, -0.05) is 38.3 Å². The van der Waals surface area contributed by atoms with E-state index in [-0.39, 0.29) is 11.4 Å². The van der Waals surface area contributed by atoms with Gasteiger partial charge in [0, 0.05) is 18.1 Å². The van der Waals surface area contributed by atoms with Crippen LogP contribution in [0.2, 0.25) is 0 Å². The van der Waals surface area contributed by atoms with E-state index in [0.717, 1.165) is 18.5 Å². The van der Waals surface area contributed by atoms with Gasteiger partial charge in [-0.3, -0.25) is 4.90 Å². The Bertz CT molecular complexity index is 443. The van der Waals surface area contributed by atoms with Crippen LogP contribution in [0.15, 0.2) is 24.3 Å². The smallest absolute Gasteiger partial charge is 0.123 e. The first kappa shape index (κ1) is 16.4. The number of rotatable bonds is 6. The normalized spacial score (nSPS) is 19.7. The molecule has 1 unspecified atom stereocenters. The SMILES string of the molecule is CCN(C1CCCCC1)C(C)(CN)Cc1cccc(F)c1. The van der Waals surface area contributed by atoms with E-state index in [1.807, 2.05) is 6.07 Å². The third-order valence-corrected chi connectivity index (χ3v) is 4.96. The summed E-state index contributed by atoms with van der Waals surface area (Å²) < 4.78 is 13.4. The monoisotopic (exact) mass is 292 g/mol. The molecule has 1 aromatic carbocycles. The number of halogens is 1. The fourth-order valence-electron chi connectivity index (χ4n) is 3.85. The minimum atomic E-state index is -0.160. The van der Waals surface area contributed by atoms with Crippen LogP contribution < -0.4 is 5.73 Å². The van der Waals surface area contributed by atoms with Gasteiger partial charge < -0.3 is 5.73 Å². The predicted octanol–water partition coefficient (Wildman–Crippen LogP) is 3.74. The Morgan fingerprint density at radius 1 is 1.29 bits per heavy atom. The molecule has 1 aliphatic carbocycles. The van der Waals surface area contributed by atoms with Crippen molar-refractivity contribution in [2.75, 3.05) is 13.1 Å². The lowest BCUT2D eigenvalue weighted by molar-refractivity contribution is 0.0473. The summed E-state index contributed by atoms with van der Waals surface area (Å²) in [6.07, 6.45) is 7.35. The molecule has 0 amide bonds. The van der Waals surface area contributed by atoms with Crippen LogP contribution in [0.1, 0.15) is 51.5 Å². The van der Waals surface area contributed by atoms with Gasteiger partial charge in [0.15, 0.2) is 0 Å². The van der Waals surface area contributed by atoms with E-state index < -0.39 is 0 Å². The van der Waals surface area contributed by atoms with Crippen molar-refractivity contribution in [3.05, 3.63) is 35.6 Å². The average molecular weight is 292 g/mol. The van der Waals surface area contributed by atoms with Crippen molar-refractivity contribution in [1.82, 2.24) is 4.90 Å². The first-order valence-corrected chi connectivity index (χ1v) is 8.30. The molecule has 0 saturated heterocycles. The van der Waals surface area contributed by atoms with Crippen molar-refractivity contribution in [1.29, 1.82) is 0 Å². The lowest BCUT2D eigenvalue weighted by Crippen LogP contribution is -2.57. The zero-order valence-electron chi connectivity index (χ0n) is 13.4. The topological polar surface area (TPSA) is 29.3 Å². The molecule has 0 bridgehead atoms. The minimum absolute atomic E-state index is 0.0927. The molecule has 0 aliphatic heterocycles. The largest absolute Gasteiger partial charge is 0.329 e. The van der Waals surface area contributed by atoms with Crippen LogP contribution in [0.3, 0.4) is 0 Å². The molecule has 21 heavy (non-hydrogen) atoms. The van der Waals surface area contributed by atoms with E-state index >= 15 is 0 Å². The van der Waals surface area contributed by atoms with Crippen LogP contribution in [0.25, 0.3) is 0 Å². The van der Waals surface area contributed by atoms with E-state index in [2.05, 4.69) is 18.7 Å². The lowest BCUT2D eigenvalue weighted by atomic mass is 9.85. The Labute approximate surface area is 128 Å². The molecule has 1 saturated carbocycles. The van der Waals surface area contributed by atoms with Gasteiger partial charge in [0.2, 0.25) is 0 Å². The molecule has 1 aliphatic rings. The van der Waals surface area contributed by atoms with E-state index in [9.17, 15) is 4.39 Å². The maximum Gasteiger partial charge on any atom is 0.123 e. The molecule has 0 spiro atoms. The lowest BCUT2D eigenvalue weighted by Gasteiger charge is -2.46. The summed E-state index contributed by atoms with van der Waals surface area (Å²) in [5.74, 6) is -0.160. The highest BCUT2D eigenvalue weighted by Crippen LogP contribution is 2.30. The van der Waals surface area contributed by atoms with Crippen LogP contribution in [-0.4, -0.2) is 29.6 Å². The Morgan fingerprint density at radius 2 is 2.00 bits per heavy atom. The fraction of sp³-hybridized carbons (Fsp3) is 0.667. The molecule has 0 radical (unpaired) electrons. The third-order valence-electron chi connectivity index (χ3n) is 4.96. The zero-order valence-corrected chi connectivity index (χ0v) is 13.4. The highest BCUT2D eigenvalue weighted by Gasteiger charge is 2.35. The standard InChI is InChI=1S/C18H29FN2/c1-3-21(17-10-5-4-6-11-17)18(2,14-20)13-15-8-7-9-16(19)12-15/h7-9,12,17H,3-6,10-11,13-14,20H2,1-2H3. The Kier molecular flexibility index (Phi) is 5.77. The van der Waals surface area contributed by atoms with Crippen LogP contribution >= 0.6 is 0 Å². The minimum Gasteiger partial charge on any atom is -0.329 e. The molecule has 1 atom stereocenters. The number of benzene rings is 1. The summed E-state index contributed by atoms with van der Waals surface area (Å²) in [6, 6.07) is 7.57. The van der Waals surface area contributed by atoms with Crippen LogP contribution in [0.5, 0.6) is 0 Å². The van der Waals surface area contributed by atoms with Gasteiger partial charge in [0.1, 0.15) is 5.82 Å². The Balaban J connectivity index is 2.16. The van der Waals surface area contributed by atoms with Crippen LogP contribution in [0, 0.1) is 5.82 Å². The number of hydrogen-bond donors (Lipinski definition) is 1. The fourth-order valence-corrected chi connectivity index (χ4v) is 3.85. The maximum absolute atomic E-state index is 13.4. The summed E-state index contributed by atoms with van der Waals surface area (Å²) in [7, 11) is 0. The molecular weight excluding hydrogens is 263 g/mol. The first-order valence-electron chi connectivity index (χ1n) is 8.30. The highest BCUT2D eigenvalue weighted by molar-refractivity contribution is 5.19. The molecule has 0 aromatic heterocycles. The van der Waals surface area contributed by atoms with Crippen molar-refractivity contribution < 1.29 is 4.39 Å². The van der Waals surface area contributed by atoms with Gasteiger partial charge in [-0.05, 0) is 50.4 Å². The van der Waals surface area contributed by atoms with E-state index in [1.165, 1.54) is 38.2 Å². The second-order valence-electron chi connectivity index (χ2n) is 6.59. The molecule has 1 fully saturated rings. The van der Waals surface area contributed by atoms with E-state index in [0.29, 0.717) is 12.6 Å². The summed E-state index contributed by atoms with van der Waals surface area (Å²) >= 11 is 0. The van der Waals surface area contributed by atoms with E-state index in [1.54, 1.807) is 12.1 Å². The maximum atomic E-state index is 13.4. The van der Waals surface area contributed by atoms with Gasteiger partial charge in [-0.2, -0.15) is 0 Å². The average Bonchev–Trinajstić information content (AvgIpc) is 2.49. The van der Waals surface area contributed by atoms with Crippen molar-refractivity contribution in [3.8, 4) is 0 Å². The second kappa shape index (κ2) is 7.37. The molecule has 118 valence electrons. The van der Waals surface area contributed by atoms with Crippen LogP contribution in [-0.2, 0) is 6.42 Å². The van der Waals surface area contributed by atoms with Crippen molar-refractivity contribution >= 4 is 0 Å². The number of nitrogens with zero attached hydrogens (tertiary/aromatic N) is 1. The quantitative estimate of drug-likeness (QED) is 0.865. The zero-order chi connectivity index (χ0) is 15.3. The van der Waals surface area contributed by atoms with Gasteiger partial charge >= 0.3 is 0 Å². The van der Waals surface area contributed by atoms with Gasteiger partial charge in [-0.15, -0.1) is 0 Å². The third kappa shape index (κ3) is 4.04. The molecule has 3 heteroatoms. The molecule has 2 rings (SSSR count). The Hall–Kier alpha value is -0.930. The second-order valence-corrected chi connectivity index (χ2v) is 6.59. The summed E-state index contributed by atoms with van der Waals surface area (Å²) in [5.41, 5.74) is 7.09. The predicted molar refractivity (Wildman–Crippen MR) is 86.8 cm³/mol. The molecule has 1 aromatic rings. The van der Waals surface area contributed by atoms with Crippen molar-refractivity contribution in [2.24, 2.45) is 5.73 Å². The van der Waals surface area contributed by atoms with Gasteiger partial charge in [-0.25, -0.2) is 4.39 Å². The number of hydrogen-bond acceptors (Lipinski definition) is 2. The molecular formula is C18H29FN2. The first-order chi connectivity index (χ1) is 10.1. The summed E-state index contributed by atoms with van der Waals surface area (Å²) in [5, 5.41) is 0. The summed E-state index contributed by atoms with van der Waals surface area (Å²) in [6.45, 7) is 6.06. The van der Waals surface area contributed by atoms with Gasteiger partial charge in [0.05, 0.1) is 0 Å². The Morgan fingerprint density at radius 3 is 2.57 bits per heavy atom. The molecule has 2 N–H and O–H groups in total. The highest BCUT2D eigenvalue weighted by atomic mass is 19.1.